The van der Waals surface area contributed by atoms with E-state index in [2.05, 4.69) is 5.32 Å². The summed E-state index contributed by atoms with van der Waals surface area (Å²) < 4.78 is 10.6. The first-order valence-electron chi connectivity index (χ1n) is 7.28. The zero-order valence-electron chi connectivity index (χ0n) is 13.0. The first-order valence-corrected chi connectivity index (χ1v) is 7.28. The maximum atomic E-state index is 12.0. The van der Waals surface area contributed by atoms with Crippen molar-refractivity contribution in [2.45, 2.75) is 38.4 Å². The van der Waals surface area contributed by atoms with Gasteiger partial charge in [-0.1, -0.05) is 6.92 Å². The Labute approximate surface area is 125 Å². The number of rotatable bonds is 8. The molecule has 21 heavy (non-hydrogen) atoms. The van der Waals surface area contributed by atoms with E-state index in [0.717, 1.165) is 6.42 Å². The molecule has 0 radical (unpaired) electrons. The molecule has 0 aliphatic carbocycles. The zero-order chi connectivity index (χ0) is 15.8. The van der Waals surface area contributed by atoms with Gasteiger partial charge in [-0.25, -0.2) is 4.79 Å². The lowest BCUT2D eigenvalue weighted by atomic mass is 10.0. The van der Waals surface area contributed by atoms with Gasteiger partial charge >= 0.3 is 12.0 Å². The van der Waals surface area contributed by atoms with Crippen LogP contribution >= 0.6 is 0 Å². The number of likely N-dealkylation sites (tertiary alicyclic amines) is 1. The highest BCUT2D eigenvalue weighted by atomic mass is 16.5. The summed E-state index contributed by atoms with van der Waals surface area (Å²) in [7, 11) is 3.23. The Kier molecular flexibility index (Phi) is 7.45. The Hall–Kier alpha value is -1.34. The van der Waals surface area contributed by atoms with E-state index in [1.807, 2.05) is 6.92 Å². The van der Waals surface area contributed by atoms with Crippen LogP contribution in [0.2, 0.25) is 0 Å². The molecule has 7 nitrogen and oxygen atoms in total. The van der Waals surface area contributed by atoms with E-state index in [-0.39, 0.29) is 30.6 Å². The van der Waals surface area contributed by atoms with Crippen molar-refractivity contribution >= 4 is 12.0 Å². The van der Waals surface area contributed by atoms with Crippen LogP contribution in [-0.2, 0) is 14.3 Å². The predicted octanol–water partition coefficient (Wildman–Crippen LogP) is 0.933. The van der Waals surface area contributed by atoms with Crippen molar-refractivity contribution in [3.63, 3.8) is 0 Å². The number of carbonyl (C=O) groups is 2. The number of carbonyl (C=O) groups excluding carboxylic acids is 1. The molecule has 0 saturated carbocycles. The number of methoxy groups -OCH3 is 2. The van der Waals surface area contributed by atoms with Crippen molar-refractivity contribution in [3.8, 4) is 0 Å². The van der Waals surface area contributed by atoms with Crippen LogP contribution in [0.3, 0.4) is 0 Å². The van der Waals surface area contributed by atoms with Gasteiger partial charge in [0.1, 0.15) is 12.2 Å². The van der Waals surface area contributed by atoms with Crippen molar-refractivity contribution in [2.75, 3.05) is 33.9 Å². The van der Waals surface area contributed by atoms with E-state index in [1.165, 1.54) is 0 Å². The molecule has 0 aromatic rings. The van der Waals surface area contributed by atoms with E-state index in [4.69, 9.17) is 14.6 Å². The molecule has 1 rings (SSSR count). The predicted molar refractivity (Wildman–Crippen MR) is 77.2 cm³/mol. The Balaban J connectivity index is 2.24. The fourth-order valence-electron chi connectivity index (χ4n) is 2.41. The second-order valence-electron chi connectivity index (χ2n) is 5.51. The highest BCUT2D eigenvalue weighted by Gasteiger charge is 2.35. The van der Waals surface area contributed by atoms with Gasteiger partial charge in [-0.3, -0.25) is 4.79 Å². The maximum Gasteiger partial charge on any atom is 0.317 e. The Morgan fingerprint density at radius 1 is 1.24 bits per heavy atom. The minimum atomic E-state index is -0.779. The third-order valence-electron chi connectivity index (χ3n) is 3.87. The largest absolute Gasteiger partial charge is 0.481 e. The summed E-state index contributed by atoms with van der Waals surface area (Å²) in [6.07, 6.45) is 1.40. The van der Waals surface area contributed by atoms with Crippen LogP contribution in [0.4, 0.5) is 4.79 Å². The number of amides is 2. The molecule has 3 atom stereocenters. The van der Waals surface area contributed by atoms with Gasteiger partial charge < -0.3 is 24.8 Å². The summed E-state index contributed by atoms with van der Waals surface area (Å²) in [6.45, 7) is 3.59. The van der Waals surface area contributed by atoms with Crippen LogP contribution in [0.15, 0.2) is 0 Å². The molecule has 1 fully saturated rings. The lowest BCUT2D eigenvalue weighted by molar-refractivity contribution is -0.137. The SMILES string of the molecule is COC1CN(C(=O)NCCC(C)CCC(=O)O)CC1OC. The average molecular weight is 302 g/mol. The van der Waals surface area contributed by atoms with Crippen LogP contribution < -0.4 is 5.32 Å². The van der Waals surface area contributed by atoms with Crippen LogP contribution in [0.25, 0.3) is 0 Å². The molecule has 1 heterocycles. The summed E-state index contributed by atoms with van der Waals surface area (Å²) in [6, 6.07) is -0.123. The third-order valence-corrected chi connectivity index (χ3v) is 3.87. The second kappa shape index (κ2) is 8.84. The number of nitrogens with one attached hydrogen (secondary N) is 1. The van der Waals surface area contributed by atoms with Gasteiger partial charge in [-0.2, -0.15) is 0 Å². The maximum absolute atomic E-state index is 12.0. The number of hydrogen-bond donors (Lipinski definition) is 2. The fraction of sp³-hybridized carbons (Fsp3) is 0.857. The highest BCUT2D eigenvalue weighted by Crippen LogP contribution is 2.16. The van der Waals surface area contributed by atoms with E-state index in [0.29, 0.717) is 26.1 Å². The lowest BCUT2D eigenvalue weighted by Gasteiger charge is -2.17. The van der Waals surface area contributed by atoms with Crippen LogP contribution in [0.5, 0.6) is 0 Å². The van der Waals surface area contributed by atoms with E-state index >= 15 is 0 Å². The van der Waals surface area contributed by atoms with E-state index in [9.17, 15) is 9.59 Å². The molecular weight excluding hydrogens is 276 g/mol. The summed E-state index contributed by atoms with van der Waals surface area (Å²) >= 11 is 0. The van der Waals surface area contributed by atoms with Gasteiger partial charge in [0.2, 0.25) is 0 Å². The quantitative estimate of drug-likeness (QED) is 0.696. The number of urea groups is 1. The van der Waals surface area contributed by atoms with E-state index in [1.54, 1.807) is 19.1 Å². The van der Waals surface area contributed by atoms with Gasteiger partial charge in [0.15, 0.2) is 0 Å². The topological polar surface area (TPSA) is 88.1 Å². The molecule has 0 aromatic heterocycles. The molecule has 0 aromatic carbocycles. The van der Waals surface area contributed by atoms with Gasteiger partial charge in [0.25, 0.3) is 0 Å². The first kappa shape index (κ1) is 17.7. The Morgan fingerprint density at radius 3 is 2.29 bits per heavy atom. The van der Waals surface area contributed by atoms with Crippen LogP contribution in [0.1, 0.15) is 26.2 Å². The standard InChI is InChI=1S/C14H26N2O5/c1-10(4-5-13(17)18)6-7-15-14(19)16-8-11(20-2)12(9-16)21-3/h10-12H,4-9H2,1-3H3,(H,15,19)(H,17,18). The zero-order valence-corrected chi connectivity index (χ0v) is 13.0. The van der Waals surface area contributed by atoms with Crippen molar-refractivity contribution in [3.05, 3.63) is 0 Å². The van der Waals surface area contributed by atoms with Gasteiger partial charge in [0.05, 0.1) is 13.1 Å². The number of carboxylic acid groups (broad SMARTS) is 1. The number of carboxylic acids is 1. The molecule has 0 spiro atoms. The second-order valence-corrected chi connectivity index (χ2v) is 5.51. The van der Waals surface area contributed by atoms with Crippen molar-refractivity contribution in [1.29, 1.82) is 0 Å². The first-order chi connectivity index (χ1) is 9.97. The molecule has 2 amide bonds. The number of aliphatic carboxylic acids is 1. The molecule has 3 unspecified atom stereocenters. The molecule has 2 N–H and O–H groups in total. The van der Waals surface area contributed by atoms with Gasteiger partial charge in [-0.05, 0) is 18.8 Å². The molecule has 7 heteroatoms. The summed E-state index contributed by atoms with van der Waals surface area (Å²) in [5, 5.41) is 11.5. The lowest BCUT2D eigenvalue weighted by Crippen LogP contribution is -2.40. The van der Waals surface area contributed by atoms with Crippen LogP contribution in [0, 0.1) is 5.92 Å². The number of nitrogens with zero attached hydrogens (tertiary/aromatic N) is 1. The van der Waals surface area contributed by atoms with Crippen molar-refractivity contribution < 1.29 is 24.2 Å². The number of hydrogen-bond acceptors (Lipinski definition) is 4. The van der Waals surface area contributed by atoms with Gasteiger partial charge in [-0.15, -0.1) is 0 Å². The summed E-state index contributed by atoms with van der Waals surface area (Å²) in [5.74, 6) is -0.502. The minimum Gasteiger partial charge on any atom is -0.481 e. The Morgan fingerprint density at radius 2 is 1.81 bits per heavy atom. The molecule has 0 bridgehead atoms. The smallest absolute Gasteiger partial charge is 0.317 e. The van der Waals surface area contributed by atoms with E-state index < -0.39 is 5.97 Å². The molecule has 1 aliphatic rings. The molecule has 1 saturated heterocycles. The normalized spacial score (nSPS) is 23.1. The minimum absolute atomic E-state index is 0.0877. The van der Waals surface area contributed by atoms with Crippen molar-refractivity contribution in [1.82, 2.24) is 10.2 Å². The molecule has 122 valence electrons. The fourth-order valence-corrected chi connectivity index (χ4v) is 2.41. The molecule has 1 aliphatic heterocycles. The molecular formula is C14H26N2O5. The number of ether oxygens (including phenoxy) is 2. The monoisotopic (exact) mass is 302 g/mol. The highest BCUT2D eigenvalue weighted by molar-refractivity contribution is 5.74. The third kappa shape index (κ3) is 5.89. The average Bonchev–Trinajstić information content (AvgIpc) is 2.88. The summed E-state index contributed by atoms with van der Waals surface area (Å²) in [5.41, 5.74) is 0. The van der Waals surface area contributed by atoms with Gasteiger partial charge in [0, 0.05) is 27.2 Å². The van der Waals surface area contributed by atoms with Crippen LogP contribution in [-0.4, -0.2) is 68.1 Å². The van der Waals surface area contributed by atoms with Crippen molar-refractivity contribution in [2.24, 2.45) is 5.92 Å². The summed E-state index contributed by atoms with van der Waals surface area (Å²) in [4.78, 5) is 24.2. The Bertz CT molecular complexity index is 338.